The Morgan fingerprint density at radius 1 is 0.656 bits per heavy atom. The smallest absolute Gasteiger partial charge is 0.224 e. The monoisotopic (exact) mass is 436 g/mol. The van der Waals surface area contributed by atoms with E-state index in [9.17, 15) is 19.2 Å². The number of nitrogens with two attached hydrogens (primary N) is 2. The van der Waals surface area contributed by atoms with Crippen molar-refractivity contribution in [3.8, 4) is 0 Å². The van der Waals surface area contributed by atoms with E-state index in [4.69, 9.17) is 11.5 Å². The number of benzene rings is 2. The third-order valence-corrected chi connectivity index (χ3v) is 5.34. The molecule has 3 rings (SSSR count). The number of unbranched alkanes of at least 4 members (excludes halogenated alkanes) is 2. The number of rotatable bonds is 10. The molecule has 0 unspecified atom stereocenters. The van der Waals surface area contributed by atoms with E-state index < -0.39 is 0 Å². The average Bonchev–Trinajstić information content (AvgIpc) is 2.77. The Labute approximate surface area is 186 Å². The quantitative estimate of drug-likeness (QED) is 0.360. The summed E-state index contributed by atoms with van der Waals surface area (Å²) in [7, 11) is 0. The maximum atomic E-state index is 13.3. The van der Waals surface area contributed by atoms with Crippen LogP contribution in [-0.2, 0) is 9.59 Å². The summed E-state index contributed by atoms with van der Waals surface area (Å²) in [6, 6.07) is 9.58. The number of carbonyl (C=O) groups excluding carboxylic acids is 4. The van der Waals surface area contributed by atoms with Crippen molar-refractivity contribution in [3.05, 3.63) is 58.7 Å². The first-order valence-corrected chi connectivity index (χ1v) is 10.8. The fourth-order valence-corrected chi connectivity index (χ4v) is 3.74. The molecule has 1 aliphatic rings. The Kier molecular flexibility index (Phi) is 7.86. The fraction of sp³-hybridized carbons (Fsp3) is 0.333. The van der Waals surface area contributed by atoms with Gasteiger partial charge >= 0.3 is 0 Å². The Morgan fingerprint density at radius 2 is 1.06 bits per heavy atom. The Bertz CT molecular complexity index is 965. The number of nitrogens with one attached hydrogen (secondary N) is 2. The van der Waals surface area contributed by atoms with Gasteiger partial charge in [-0.05, 0) is 50.9 Å². The van der Waals surface area contributed by atoms with E-state index in [1.54, 1.807) is 36.4 Å². The van der Waals surface area contributed by atoms with Crippen molar-refractivity contribution in [1.82, 2.24) is 0 Å². The number of ketones is 2. The van der Waals surface area contributed by atoms with Crippen LogP contribution in [0.4, 0.5) is 11.4 Å². The molecule has 2 aromatic carbocycles. The second kappa shape index (κ2) is 10.8. The highest BCUT2D eigenvalue weighted by atomic mass is 16.2. The topological polar surface area (TPSA) is 144 Å². The van der Waals surface area contributed by atoms with Crippen LogP contribution in [0.15, 0.2) is 36.4 Å². The number of hydrogen-bond donors (Lipinski definition) is 4. The highest BCUT2D eigenvalue weighted by Crippen LogP contribution is 2.35. The Morgan fingerprint density at radius 3 is 1.44 bits per heavy atom. The summed E-state index contributed by atoms with van der Waals surface area (Å²) >= 11 is 0. The molecule has 0 bridgehead atoms. The lowest BCUT2D eigenvalue weighted by molar-refractivity contribution is -0.117. The predicted molar refractivity (Wildman–Crippen MR) is 123 cm³/mol. The molecular formula is C24H28N4O4. The molecule has 6 N–H and O–H groups in total. The van der Waals surface area contributed by atoms with Crippen molar-refractivity contribution in [2.24, 2.45) is 11.5 Å². The van der Waals surface area contributed by atoms with Gasteiger partial charge in [0.15, 0.2) is 11.6 Å². The first-order valence-electron chi connectivity index (χ1n) is 10.8. The predicted octanol–water partition coefficient (Wildman–Crippen LogP) is 2.60. The number of carbonyl (C=O) groups is 4. The van der Waals surface area contributed by atoms with Crippen LogP contribution in [-0.4, -0.2) is 36.5 Å². The highest BCUT2D eigenvalue weighted by molar-refractivity contribution is 6.32. The molecule has 32 heavy (non-hydrogen) atoms. The summed E-state index contributed by atoms with van der Waals surface area (Å²) in [4.78, 5) is 51.2. The van der Waals surface area contributed by atoms with E-state index in [-0.39, 0.29) is 58.5 Å². The van der Waals surface area contributed by atoms with Crippen LogP contribution in [0.5, 0.6) is 0 Å². The zero-order valence-corrected chi connectivity index (χ0v) is 17.9. The molecule has 2 amide bonds. The third-order valence-electron chi connectivity index (χ3n) is 5.34. The van der Waals surface area contributed by atoms with E-state index in [0.717, 1.165) is 12.8 Å². The largest absolute Gasteiger partial charge is 0.330 e. The number of fused-ring (bicyclic) bond motifs is 2. The molecule has 8 heteroatoms. The lowest BCUT2D eigenvalue weighted by atomic mass is 9.82. The summed E-state index contributed by atoms with van der Waals surface area (Å²) in [6.45, 7) is 1.01. The van der Waals surface area contributed by atoms with E-state index in [1.165, 1.54) is 0 Å². The second-order valence-electron chi connectivity index (χ2n) is 7.70. The van der Waals surface area contributed by atoms with Crippen molar-refractivity contribution < 1.29 is 19.2 Å². The Balaban J connectivity index is 1.88. The van der Waals surface area contributed by atoms with Gasteiger partial charge in [0.25, 0.3) is 0 Å². The third kappa shape index (κ3) is 5.09. The van der Waals surface area contributed by atoms with Crippen LogP contribution < -0.4 is 22.1 Å². The molecule has 0 saturated heterocycles. The van der Waals surface area contributed by atoms with Gasteiger partial charge in [-0.1, -0.05) is 24.3 Å². The molecule has 0 saturated carbocycles. The number of amides is 2. The molecule has 2 aromatic rings. The molecule has 168 valence electrons. The zero-order valence-electron chi connectivity index (χ0n) is 17.9. The van der Waals surface area contributed by atoms with E-state index in [2.05, 4.69) is 10.6 Å². The van der Waals surface area contributed by atoms with Crippen LogP contribution in [0.1, 0.15) is 70.4 Å². The van der Waals surface area contributed by atoms with Gasteiger partial charge in [-0.3, -0.25) is 19.2 Å². The molecule has 0 atom stereocenters. The Hall–Kier alpha value is -3.36. The van der Waals surface area contributed by atoms with Gasteiger partial charge in [-0.25, -0.2) is 0 Å². The van der Waals surface area contributed by atoms with Crippen molar-refractivity contribution >= 4 is 34.8 Å². The fourth-order valence-electron chi connectivity index (χ4n) is 3.74. The molecule has 0 heterocycles. The van der Waals surface area contributed by atoms with Crippen LogP contribution in [0.25, 0.3) is 0 Å². The molecule has 8 nitrogen and oxygen atoms in total. The summed E-state index contributed by atoms with van der Waals surface area (Å²) in [5, 5.41) is 5.51. The molecule has 0 fully saturated rings. The lowest BCUT2D eigenvalue weighted by Gasteiger charge is -2.22. The molecule has 0 radical (unpaired) electrons. The van der Waals surface area contributed by atoms with Crippen molar-refractivity contribution in [1.29, 1.82) is 0 Å². The molecular weight excluding hydrogens is 408 g/mol. The standard InChI is InChI=1S/C24H28N4O4/c25-13-3-1-11-19(29)27-17-9-5-7-15-21(17)23(31)16-8-6-10-18(22(16)24(15)32)28-20(30)12-2-4-14-26/h5-10H,1-4,11-14,25-26H2,(H,27,29)(H,28,30). The SMILES string of the molecule is NCCCCC(=O)Nc1cccc2c1C(=O)c1cccc(NC(=O)CCCCN)c1C2=O. The maximum Gasteiger partial charge on any atom is 0.224 e. The first kappa shape index (κ1) is 23.3. The second-order valence-corrected chi connectivity index (χ2v) is 7.70. The van der Waals surface area contributed by atoms with Crippen LogP contribution in [0, 0.1) is 0 Å². The lowest BCUT2D eigenvalue weighted by Crippen LogP contribution is -2.26. The van der Waals surface area contributed by atoms with Crippen molar-refractivity contribution in [2.45, 2.75) is 38.5 Å². The maximum absolute atomic E-state index is 13.3. The molecule has 0 aliphatic heterocycles. The minimum atomic E-state index is -0.369. The van der Waals surface area contributed by atoms with E-state index in [1.807, 2.05) is 0 Å². The van der Waals surface area contributed by atoms with Crippen molar-refractivity contribution in [2.75, 3.05) is 23.7 Å². The summed E-state index contributed by atoms with van der Waals surface area (Å²) in [5.41, 5.74) is 12.3. The van der Waals surface area contributed by atoms with Crippen LogP contribution >= 0.6 is 0 Å². The minimum absolute atomic E-state index is 0.170. The van der Waals surface area contributed by atoms with Gasteiger partial charge in [-0.15, -0.1) is 0 Å². The minimum Gasteiger partial charge on any atom is -0.330 e. The van der Waals surface area contributed by atoms with Gasteiger partial charge in [0, 0.05) is 24.0 Å². The van der Waals surface area contributed by atoms with Gasteiger partial charge in [0.1, 0.15) is 0 Å². The average molecular weight is 437 g/mol. The number of anilines is 2. The summed E-state index contributed by atoms with van der Waals surface area (Å²) in [5.74, 6) is -1.22. The summed E-state index contributed by atoms with van der Waals surface area (Å²) in [6.07, 6.45) is 3.29. The normalized spacial score (nSPS) is 12.2. The number of hydrogen-bond acceptors (Lipinski definition) is 6. The van der Waals surface area contributed by atoms with E-state index >= 15 is 0 Å². The molecule has 0 spiro atoms. The van der Waals surface area contributed by atoms with Gasteiger partial charge in [0.2, 0.25) is 11.8 Å². The van der Waals surface area contributed by atoms with Crippen LogP contribution in [0.3, 0.4) is 0 Å². The van der Waals surface area contributed by atoms with E-state index in [0.29, 0.717) is 37.3 Å². The van der Waals surface area contributed by atoms with Crippen LogP contribution in [0.2, 0.25) is 0 Å². The van der Waals surface area contributed by atoms with Crippen molar-refractivity contribution in [3.63, 3.8) is 0 Å². The first-order chi connectivity index (χ1) is 15.5. The zero-order chi connectivity index (χ0) is 23.1. The van der Waals surface area contributed by atoms with Gasteiger partial charge in [0.05, 0.1) is 22.5 Å². The van der Waals surface area contributed by atoms with Gasteiger partial charge < -0.3 is 22.1 Å². The molecule has 1 aliphatic carbocycles. The van der Waals surface area contributed by atoms with Gasteiger partial charge in [-0.2, -0.15) is 0 Å². The molecule has 0 aromatic heterocycles. The highest BCUT2D eigenvalue weighted by Gasteiger charge is 2.34. The summed E-state index contributed by atoms with van der Waals surface area (Å²) < 4.78 is 0.